The van der Waals surface area contributed by atoms with Crippen molar-refractivity contribution in [2.45, 2.75) is 31.8 Å². The van der Waals surface area contributed by atoms with E-state index in [9.17, 15) is 0 Å². The second kappa shape index (κ2) is 6.41. The highest BCUT2D eigenvalue weighted by molar-refractivity contribution is 14.0. The summed E-state index contributed by atoms with van der Waals surface area (Å²) in [5, 5.41) is 3.47. The lowest BCUT2D eigenvalue weighted by Gasteiger charge is -2.32. The van der Waals surface area contributed by atoms with Gasteiger partial charge >= 0.3 is 0 Å². The Kier molecular flexibility index (Phi) is 4.86. The Morgan fingerprint density at radius 1 is 1.22 bits per heavy atom. The predicted molar refractivity (Wildman–Crippen MR) is 85.3 cm³/mol. The number of nitrogens with zero attached hydrogens (tertiary/aromatic N) is 2. The van der Waals surface area contributed by atoms with Gasteiger partial charge in [-0.15, -0.1) is 24.0 Å². The molecule has 3 rings (SSSR count). The van der Waals surface area contributed by atoms with Crippen LogP contribution < -0.4 is 5.32 Å². The Balaban J connectivity index is 0.00000120. The van der Waals surface area contributed by atoms with Crippen molar-refractivity contribution in [2.24, 2.45) is 4.99 Å². The van der Waals surface area contributed by atoms with E-state index in [2.05, 4.69) is 45.5 Å². The van der Waals surface area contributed by atoms with E-state index in [1.807, 2.05) is 0 Å². The molecule has 3 nitrogen and oxygen atoms in total. The van der Waals surface area contributed by atoms with Crippen molar-refractivity contribution in [2.75, 3.05) is 13.1 Å². The summed E-state index contributed by atoms with van der Waals surface area (Å²) in [6, 6.07) is 11.2. The molecule has 0 amide bonds. The van der Waals surface area contributed by atoms with Gasteiger partial charge in [-0.05, 0) is 24.8 Å². The number of halogens is 1. The molecule has 98 valence electrons. The van der Waals surface area contributed by atoms with Crippen molar-refractivity contribution >= 4 is 29.9 Å². The maximum absolute atomic E-state index is 4.63. The monoisotopic (exact) mass is 357 g/mol. The summed E-state index contributed by atoms with van der Waals surface area (Å²) in [4.78, 5) is 7.08. The zero-order chi connectivity index (χ0) is 11.5. The molecule has 1 saturated heterocycles. The Morgan fingerprint density at radius 2 is 2.06 bits per heavy atom. The van der Waals surface area contributed by atoms with Crippen LogP contribution in [0.5, 0.6) is 0 Å². The van der Waals surface area contributed by atoms with E-state index in [1.54, 1.807) is 0 Å². The average Bonchev–Trinajstić information content (AvgIpc) is 2.81. The van der Waals surface area contributed by atoms with Gasteiger partial charge in [-0.3, -0.25) is 4.99 Å². The lowest BCUT2D eigenvalue weighted by molar-refractivity contribution is 0.262. The second-order valence-electron chi connectivity index (χ2n) is 4.85. The van der Waals surface area contributed by atoms with Gasteiger partial charge in [0.1, 0.15) is 0 Å². The molecule has 0 aliphatic carbocycles. The first-order chi connectivity index (χ1) is 8.43. The first-order valence-corrected chi connectivity index (χ1v) is 6.52. The number of hydrogen-bond donors (Lipinski definition) is 1. The highest BCUT2D eigenvalue weighted by Gasteiger charge is 2.29. The number of guanidine groups is 1. The standard InChI is InChI=1S/C14H19N3.HI/c1-2-6-12(7-3-1)10-15-14-16-11-13-8-4-5-9-17(13)14;/h1-3,6-7,13H,4-5,8-11H2,(H,15,16);1H/t13-;/m1./s1. The number of fused-ring (bicyclic) bond motifs is 1. The summed E-state index contributed by atoms with van der Waals surface area (Å²) in [5.41, 5.74) is 1.32. The van der Waals surface area contributed by atoms with Crippen LogP contribution in [0, 0.1) is 0 Å². The van der Waals surface area contributed by atoms with Gasteiger partial charge in [-0.2, -0.15) is 0 Å². The lowest BCUT2D eigenvalue weighted by Crippen LogP contribution is -2.45. The van der Waals surface area contributed by atoms with Gasteiger partial charge in [0.25, 0.3) is 0 Å². The zero-order valence-electron chi connectivity index (χ0n) is 10.5. The third-order valence-corrected chi connectivity index (χ3v) is 3.64. The summed E-state index contributed by atoms with van der Waals surface area (Å²) >= 11 is 0. The molecule has 2 heterocycles. The SMILES string of the molecule is I.c1ccc(CNC2=NC[C@H]3CCCCN23)cc1. The largest absolute Gasteiger partial charge is 0.352 e. The van der Waals surface area contributed by atoms with Gasteiger partial charge in [-0.25, -0.2) is 0 Å². The van der Waals surface area contributed by atoms with E-state index in [4.69, 9.17) is 0 Å². The van der Waals surface area contributed by atoms with Crippen molar-refractivity contribution < 1.29 is 0 Å². The first kappa shape index (κ1) is 13.6. The van der Waals surface area contributed by atoms with Gasteiger partial charge in [0.15, 0.2) is 5.96 Å². The topological polar surface area (TPSA) is 27.6 Å². The Bertz CT molecular complexity index is 405. The van der Waals surface area contributed by atoms with E-state index < -0.39 is 0 Å². The van der Waals surface area contributed by atoms with Crippen LogP contribution in [0.15, 0.2) is 35.3 Å². The summed E-state index contributed by atoms with van der Waals surface area (Å²) in [7, 11) is 0. The van der Waals surface area contributed by atoms with Crippen molar-refractivity contribution in [3.63, 3.8) is 0 Å². The maximum Gasteiger partial charge on any atom is 0.194 e. The molecule has 0 unspecified atom stereocenters. The molecule has 0 bridgehead atoms. The number of hydrogen-bond acceptors (Lipinski definition) is 3. The number of aliphatic imine (C=N–C) groups is 1. The fraction of sp³-hybridized carbons (Fsp3) is 0.500. The minimum atomic E-state index is 0. The molecule has 0 aromatic heterocycles. The molecule has 1 aromatic carbocycles. The van der Waals surface area contributed by atoms with Crippen LogP contribution in [-0.2, 0) is 6.54 Å². The molecule has 1 aromatic rings. The molecule has 0 radical (unpaired) electrons. The second-order valence-corrected chi connectivity index (χ2v) is 4.85. The molecule has 0 saturated carbocycles. The third kappa shape index (κ3) is 2.96. The Hall–Kier alpha value is -0.780. The quantitative estimate of drug-likeness (QED) is 0.824. The smallest absolute Gasteiger partial charge is 0.194 e. The predicted octanol–water partition coefficient (Wildman–Crippen LogP) is 2.62. The van der Waals surface area contributed by atoms with Crippen LogP contribution >= 0.6 is 24.0 Å². The van der Waals surface area contributed by atoms with E-state index in [0.717, 1.165) is 19.0 Å². The van der Waals surface area contributed by atoms with E-state index in [-0.39, 0.29) is 24.0 Å². The van der Waals surface area contributed by atoms with Crippen LogP contribution in [0.1, 0.15) is 24.8 Å². The van der Waals surface area contributed by atoms with Crippen LogP contribution in [0.3, 0.4) is 0 Å². The van der Waals surface area contributed by atoms with Gasteiger partial charge in [-0.1, -0.05) is 30.3 Å². The Labute approximate surface area is 126 Å². The first-order valence-electron chi connectivity index (χ1n) is 6.52. The number of nitrogens with one attached hydrogen (secondary N) is 1. The molecule has 1 atom stereocenters. The van der Waals surface area contributed by atoms with Crippen molar-refractivity contribution in [1.29, 1.82) is 0 Å². The molecular weight excluding hydrogens is 337 g/mol. The van der Waals surface area contributed by atoms with Crippen LogP contribution in [0.2, 0.25) is 0 Å². The van der Waals surface area contributed by atoms with Gasteiger partial charge in [0, 0.05) is 13.1 Å². The van der Waals surface area contributed by atoms with E-state index in [0.29, 0.717) is 6.04 Å². The van der Waals surface area contributed by atoms with E-state index >= 15 is 0 Å². The third-order valence-electron chi connectivity index (χ3n) is 3.64. The number of rotatable bonds is 2. The average molecular weight is 357 g/mol. The van der Waals surface area contributed by atoms with E-state index in [1.165, 1.54) is 31.4 Å². The van der Waals surface area contributed by atoms with Crippen molar-refractivity contribution in [3.8, 4) is 0 Å². The summed E-state index contributed by atoms with van der Waals surface area (Å²) < 4.78 is 0. The minimum Gasteiger partial charge on any atom is -0.352 e. The minimum absolute atomic E-state index is 0. The zero-order valence-corrected chi connectivity index (χ0v) is 12.8. The maximum atomic E-state index is 4.63. The fourth-order valence-electron chi connectivity index (χ4n) is 2.69. The molecule has 1 N–H and O–H groups in total. The molecular formula is C14H20IN3. The molecule has 0 spiro atoms. The lowest BCUT2D eigenvalue weighted by atomic mass is 10.0. The van der Waals surface area contributed by atoms with Gasteiger partial charge in [0.05, 0.1) is 12.6 Å². The summed E-state index contributed by atoms with van der Waals surface area (Å²) in [6.07, 6.45) is 3.98. The number of piperidine rings is 1. The molecule has 2 aliphatic heterocycles. The fourth-order valence-corrected chi connectivity index (χ4v) is 2.69. The van der Waals surface area contributed by atoms with Crippen LogP contribution in [0.25, 0.3) is 0 Å². The van der Waals surface area contributed by atoms with Crippen molar-refractivity contribution in [3.05, 3.63) is 35.9 Å². The highest BCUT2D eigenvalue weighted by atomic mass is 127. The summed E-state index contributed by atoms with van der Waals surface area (Å²) in [5.74, 6) is 1.11. The number of benzene rings is 1. The highest BCUT2D eigenvalue weighted by Crippen LogP contribution is 2.21. The van der Waals surface area contributed by atoms with Gasteiger partial charge < -0.3 is 10.2 Å². The summed E-state index contributed by atoms with van der Waals surface area (Å²) in [6.45, 7) is 3.03. The Morgan fingerprint density at radius 3 is 2.89 bits per heavy atom. The molecule has 18 heavy (non-hydrogen) atoms. The van der Waals surface area contributed by atoms with Crippen molar-refractivity contribution in [1.82, 2.24) is 10.2 Å². The van der Waals surface area contributed by atoms with Crippen LogP contribution in [-0.4, -0.2) is 30.0 Å². The molecule has 4 heteroatoms. The van der Waals surface area contributed by atoms with Crippen LogP contribution in [0.4, 0.5) is 0 Å². The normalized spacial score (nSPS) is 21.9. The van der Waals surface area contributed by atoms with Gasteiger partial charge in [0.2, 0.25) is 0 Å². The molecule has 2 aliphatic rings. The molecule has 1 fully saturated rings.